The van der Waals surface area contributed by atoms with E-state index in [0.717, 1.165) is 0 Å². The van der Waals surface area contributed by atoms with Crippen LogP contribution in [0.15, 0.2) is 22.7 Å². The van der Waals surface area contributed by atoms with Crippen LogP contribution >= 0.6 is 28.3 Å². The zero-order chi connectivity index (χ0) is 12.3. The van der Waals surface area contributed by atoms with Crippen molar-refractivity contribution in [3.8, 4) is 5.75 Å². The molecule has 7 heteroatoms. The van der Waals surface area contributed by atoms with Crippen LogP contribution in [-0.4, -0.2) is 11.3 Å². The molecule has 1 rings (SSSR count). The molecule has 0 aliphatic heterocycles. The van der Waals surface area contributed by atoms with E-state index in [9.17, 15) is 18.3 Å². The van der Waals surface area contributed by atoms with Crippen molar-refractivity contribution in [2.75, 3.05) is 0 Å². The Labute approximate surface area is 112 Å². The van der Waals surface area contributed by atoms with Gasteiger partial charge in [-0.1, -0.05) is 22.0 Å². The Hall–Kier alpha value is -0.460. The molecule has 0 heterocycles. The lowest BCUT2D eigenvalue weighted by atomic mass is 10.0. The number of benzene rings is 1. The van der Waals surface area contributed by atoms with Crippen LogP contribution in [0.25, 0.3) is 0 Å². The molecular formula is C10H12BrClF3NO. The van der Waals surface area contributed by atoms with Crippen LogP contribution in [0.5, 0.6) is 5.75 Å². The lowest BCUT2D eigenvalue weighted by Gasteiger charge is -2.15. The van der Waals surface area contributed by atoms with Crippen molar-refractivity contribution in [3.05, 3.63) is 28.2 Å². The van der Waals surface area contributed by atoms with Gasteiger partial charge in [-0.3, -0.25) is 0 Å². The molecule has 0 saturated heterocycles. The van der Waals surface area contributed by atoms with Crippen molar-refractivity contribution in [1.29, 1.82) is 0 Å². The largest absolute Gasteiger partial charge is 0.508 e. The van der Waals surface area contributed by atoms with Crippen molar-refractivity contribution in [2.45, 2.75) is 25.1 Å². The maximum atomic E-state index is 12.0. The smallest absolute Gasteiger partial charge is 0.389 e. The number of alkyl halides is 3. The van der Waals surface area contributed by atoms with Gasteiger partial charge in [-0.2, -0.15) is 13.2 Å². The van der Waals surface area contributed by atoms with E-state index >= 15 is 0 Å². The number of hydrogen-bond donors (Lipinski definition) is 2. The van der Waals surface area contributed by atoms with Crippen LogP contribution in [0.3, 0.4) is 0 Å². The van der Waals surface area contributed by atoms with E-state index in [0.29, 0.717) is 10.0 Å². The van der Waals surface area contributed by atoms with Crippen LogP contribution in [0.1, 0.15) is 24.4 Å². The van der Waals surface area contributed by atoms with Crippen molar-refractivity contribution in [1.82, 2.24) is 0 Å². The summed E-state index contributed by atoms with van der Waals surface area (Å²) in [5.74, 6) is -0.0935. The van der Waals surface area contributed by atoms with Gasteiger partial charge >= 0.3 is 6.18 Å². The number of rotatable bonds is 3. The second-order valence-corrected chi connectivity index (χ2v) is 4.38. The molecule has 1 atom stereocenters. The Morgan fingerprint density at radius 3 is 2.41 bits per heavy atom. The van der Waals surface area contributed by atoms with Gasteiger partial charge < -0.3 is 10.8 Å². The predicted octanol–water partition coefficient (Wildman–Crippen LogP) is 3.92. The van der Waals surface area contributed by atoms with Gasteiger partial charge in [-0.25, -0.2) is 0 Å². The first-order valence-electron chi connectivity index (χ1n) is 4.60. The predicted molar refractivity (Wildman–Crippen MR) is 65.3 cm³/mol. The van der Waals surface area contributed by atoms with Crippen LogP contribution < -0.4 is 5.73 Å². The maximum absolute atomic E-state index is 12.0. The quantitative estimate of drug-likeness (QED) is 0.880. The van der Waals surface area contributed by atoms with Crippen LogP contribution in [0.4, 0.5) is 13.2 Å². The molecule has 17 heavy (non-hydrogen) atoms. The molecule has 0 spiro atoms. The third-order valence-electron chi connectivity index (χ3n) is 2.13. The summed E-state index contributed by atoms with van der Waals surface area (Å²) in [4.78, 5) is 0. The molecule has 0 aromatic heterocycles. The second kappa shape index (κ2) is 6.47. The molecule has 0 saturated carbocycles. The average Bonchev–Trinajstić information content (AvgIpc) is 2.13. The number of nitrogens with two attached hydrogens (primary N) is 1. The van der Waals surface area contributed by atoms with Gasteiger partial charge in [0.05, 0.1) is 0 Å². The molecule has 3 N–H and O–H groups in total. The van der Waals surface area contributed by atoms with Crippen LogP contribution in [0.2, 0.25) is 0 Å². The van der Waals surface area contributed by atoms with Crippen molar-refractivity contribution in [2.24, 2.45) is 5.73 Å². The third-order valence-corrected chi connectivity index (χ3v) is 2.62. The molecule has 0 aliphatic rings. The summed E-state index contributed by atoms with van der Waals surface area (Å²) in [6, 6.07) is 3.74. The topological polar surface area (TPSA) is 46.2 Å². The molecule has 0 bridgehead atoms. The molecule has 1 aromatic carbocycles. The SMILES string of the molecule is Cl.N[C@@H](CCC(F)(F)F)c1ccc(Br)cc1O. The second-order valence-electron chi connectivity index (χ2n) is 3.46. The van der Waals surface area contributed by atoms with Gasteiger partial charge in [0.25, 0.3) is 0 Å². The Morgan fingerprint density at radius 2 is 1.94 bits per heavy atom. The number of phenols is 1. The van der Waals surface area contributed by atoms with E-state index in [1.807, 2.05) is 0 Å². The summed E-state index contributed by atoms with van der Waals surface area (Å²) < 4.78 is 36.6. The van der Waals surface area contributed by atoms with E-state index in [2.05, 4.69) is 15.9 Å². The maximum Gasteiger partial charge on any atom is 0.389 e. The highest BCUT2D eigenvalue weighted by Gasteiger charge is 2.28. The fourth-order valence-electron chi connectivity index (χ4n) is 1.31. The zero-order valence-corrected chi connectivity index (χ0v) is 11.1. The number of hydrogen-bond acceptors (Lipinski definition) is 2. The standard InChI is InChI=1S/C10H11BrF3NO.ClH/c11-6-1-2-7(9(16)5-6)8(15)3-4-10(12,13)14;/h1-2,5,8,16H,3-4,15H2;1H/t8-;/m0./s1. The fraction of sp³-hybridized carbons (Fsp3) is 0.400. The molecule has 0 fully saturated rings. The highest BCUT2D eigenvalue weighted by molar-refractivity contribution is 9.10. The van der Waals surface area contributed by atoms with Gasteiger partial charge in [-0.05, 0) is 18.6 Å². The first-order valence-corrected chi connectivity index (χ1v) is 5.39. The number of halogens is 5. The van der Waals surface area contributed by atoms with Gasteiger partial charge in [0.15, 0.2) is 0 Å². The van der Waals surface area contributed by atoms with Crippen molar-refractivity contribution in [3.63, 3.8) is 0 Å². The summed E-state index contributed by atoms with van der Waals surface area (Å²) in [7, 11) is 0. The Bertz CT molecular complexity index is 373. The minimum atomic E-state index is -4.22. The normalized spacial score (nSPS) is 13.0. The summed E-state index contributed by atoms with van der Waals surface area (Å²) >= 11 is 3.14. The summed E-state index contributed by atoms with van der Waals surface area (Å²) in [6.07, 6.45) is -5.41. The lowest BCUT2D eigenvalue weighted by molar-refractivity contribution is -0.136. The monoisotopic (exact) mass is 333 g/mol. The fourth-order valence-corrected chi connectivity index (χ4v) is 1.65. The van der Waals surface area contributed by atoms with Crippen molar-refractivity contribution >= 4 is 28.3 Å². The van der Waals surface area contributed by atoms with Crippen LogP contribution in [-0.2, 0) is 0 Å². The Kier molecular flexibility index (Phi) is 6.29. The molecule has 2 nitrogen and oxygen atoms in total. The molecule has 0 amide bonds. The van der Waals surface area contributed by atoms with Crippen molar-refractivity contribution < 1.29 is 18.3 Å². The Balaban J connectivity index is 0.00000256. The summed E-state index contributed by atoms with van der Waals surface area (Å²) in [5.41, 5.74) is 5.90. The molecular weight excluding hydrogens is 322 g/mol. The number of aromatic hydroxyl groups is 1. The summed E-state index contributed by atoms with van der Waals surface area (Å²) in [5, 5.41) is 9.50. The molecule has 0 unspecified atom stereocenters. The highest BCUT2D eigenvalue weighted by Crippen LogP contribution is 2.31. The van der Waals surface area contributed by atoms with Gasteiger partial charge in [0, 0.05) is 22.5 Å². The zero-order valence-electron chi connectivity index (χ0n) is 8.67. The van der Waals surface area contributed by atoms with E-state index in [-0.39, 0.29) is 24.6 Å². The van der Waals surface area contributed by atoms with E-state index in [1.54, 1.807) is 6.07 Å². The minimum absolute atomic E-state index is 0. The van der Waals surface area contributed by atoms with E-state index < -0.39 is 18.6 Å². The number of phenolic OH excluding ortho intramolecular Hbond substituents is 1. The van der Waals surface area contributed by atoms with Gasteiger partial charge in [-0.15, -0.1) is 12.4 Å². The lowest BCUT2D eigenvalue weighted by Crippen LogP contribution is -2.15. The first kappa shape index (κ1) is 16.5. The average molecular weight is 335 g/mol. The van der Waals surface area contributed by atoms with Crippen LogP contribution in [0, 0.1) is 0 Å². The van der Waals surface area contributed by atoms with Gasteiger partial charge in [0.1, 0.15) is 5.75 Å². The first-order chi connectivity index (χ1) is 7.29. The Morgan fingerprint density at radius 1 is 1.35 bits per heavy atom. The highest BCUT2D eigenvalue weighted by atomic mass is 79.9. The third kappa shape index (κ3) is 5.61. The van der Waals surface area contributed by atoms with E-state index in [4.69, 9.17) is 5.73 Å². The summed E-state index contributed by atoms with van der Waals surface area (Å²) in [6.45, 7) is 0. The molecule has 0 radical (unpaired) electrons. The molecule has 1 aromatic rings. The molecule has 0 aliphatic carbocycles. The van der Waals surface area contributed by atoms with Gasteiger partial charge in [0.2, 0.25) is 0 Å². The minimum Gasteiger partial charge on any atom is -0.508 e. The molecule has 98 valence electrons. The van der Waals surface area contributed by atoms with E-state index in [1.165, 1.54) is 12.1 Å².